The Kier molecular flexibility index (Phi) is 6.36. The second-order valence-electron chi connectivity index (χ2n) is 6.75. The Morgan fingerprint density at radius 3 is 2.77 bits per heavy atom. The summed E-state index contributed by atoms with van der Waals surface area (Å²) in [4.78, 5) is 4.80. The van der Waals surface area contributed by atoms with Crippen LogP contribution < -0.4 is 0 Å². The molecule has 0 aromatic heterocycles. The van der Waals surface area contributed by atoms with Gasteiger partial charge < -0.3 is 10.0 Å². The highest BCUT2D eigenvalue weighted by Gasteiger charge is 2.30. The summed E-state index contributed by atoms with van der Waals surface area (Å²) in [7, 11) is 4.30. The van der Waals surface area contributed by atoms with Gasteiger partial charge in [-0.3, -0.25) is 4.90 Å². The number of aliphatic hydroxyl groups is 1. The van der Waals surface area contributed by atoms with Crippen molar-refractivity contribution < 1.29 is 9.50 Å². The van der Waals surface area contributed by atoms with Crippen LogP contribution in [0.3, 0.4) is 0 Å². The molecule has 0 spiro atoms. The van der Waals surface area contributed by atoms with Crippen LogP contribution in [-0.2, 0) is 6.54 Å². The first-order valence-corrected chi connectivity index (χ1v) is 8.26. The molecule has 1 fully saturated rings. The fourth-order valence-corrected chi connectivity index (χ4v) is 3.63. The minimum Gasteiger partial charge on any atom is -0.396 e. The van der Waals surface area contributed by atoms with Crippen molar-refractivity contribution in [2.45, 2.75) is 38.8 Å². The maximum atomic E-state index is 13.2. The van der Waals surface area contributed by atoms with Gasteiger partial charge in [0.1, 0.15) is 5.82 Å². The lowest BCUT2D eigenvalue weighted by molar-refractivity contribution is 0.0716. The molecule has 0 aliphatic carbocycles. The zero-order valence-electron chi connectivity index (χ0n) is 14.1. The van der Waals surface area contributed by atoms with Crippen molar-refractivity contribution in [1.29, 1.82) is 0 Å². The van der Waals surface area contributed by atoms with Gasteiger partial charge in [0.15, 0.2) is 0 Å². The van der Waals surface area contributed by atoms with Crippen molar-refractivity contribution in [3.05, 3.63) is 35.1 Å². The van der Waals surface area contributed by atoms with E-state index in [0.717, 1.165) is 44.5 Å². The Balaban J connectivity index is 2.00. The van der Waals surface area contributed by atoms with Gasteiger partial charge in [-0.25, -0.2) is 4.39 Å². The summed E-state index contributed by atoms with van der Waals surface area (Å²) in [6.45, 7) is 5.28. The van der Waals surface area contributed by atoms with Crippen LogP contribution in [0.5, 0.6) is 0 Å². The molecule has 124 valence electrons. The third-order valence-electron chi connectivity index (χ3n) is 4.87. The largest absolute Gasteiger partial charge is 0.396 e. The average molecular weight is 308 g/mol. The molecule has 1 saturated heterocycles. The molecule has 1 heterocycles. The Morgan fingerprint density at radius 1 is 1.36 bits per heavy atom. The number of halogens is 1. The second-order valence-corrected chi connectivity index (χ2v) is 6.75. The van der Waals surface area contributed by atoms with Gasteiger partial charge in [-0.15, -0.1) is 0 Å². The zero-order valence-corrected chi connectivity index (χ0v) is 14.1. The maximum Gasteiger partial charge on any atom is 0.123 e. The fourth-order valence-electron chi connectivity index (χ4n) is 3.63. The number of aryl methyl sites for hydroxylation is 1. The molecule has 1 N–H and O–H groups in total. The van der Waals surface area contributed by atoms with Gasteiger partial charge in [-0.05, 0) is 76.0 Å². The van der Waals surface area contributed by atoms with Crippen LogP contribution in [0.15, 0.2) is 18.2 Å². The Morgan fingerprint density at radius 2 is 2.14 bits per heavy atom. The number of hydrogen-bond acceptors (Lipinski definition) is 3. The first-order valence-electron chi connectivity index (χ1n) is 8.26. The first-order chi connectivity index (χ1) is 10.5. The molecule has 1 aromatic rings. The van der Waals surface area contributed by atoms with Crippen LogP contribution in [0, 0.1) is 18.7 Å². The van der Waals surface area contributed by atoms with E-state index in [9.17, 15) is 4.39 Å². The number of likely N-dealkylation sites (tertiary alicyclic amines) is 1. The molecule has 1 aromatic carbocycles. The van der Waals surface area contributed by atoms with Gasteiger partial charge in [-0.1, -0.05) is 6.07 Å². The van der Waals surface area contributed by atoms with Crippen molar-refractivity contribution >= 4 is 0 Å². The van der Waals surface area contributed by atoms with Crippen LogP contribution in [-0.4, -0.2) is 54.7 Å². The standard InChI is InChI=1S/C18H29FN2O/c1-14-11-17(19)7-6-15(14)12-21-9-8-18(20(2)3)16(13-21)5-4-10-22/h6-7,11,16,18,22H,4-5,8-10,12-13H2,1-3H3/t16-,18+/m1/s1. The van der Waals surface area contributed by atoms with E-state index >= 15 is 0 Å². The van der Waals surface area contributed by atoms with E-state index in [0.29, 0.717) is 12.0 Å². The topological polar surface area (TPSA) is 26.7 Å². The molecule has 0 saturated carbocycles. The van der Waals surface area contributed by atoms with Gasteiger partial charge in [0.25, 0.3) is 0 Å². The van der Waals surface area contributed by atoms with E-state index in [-0.39, 0.29) is 12.4 Å². The number of aliphatic hydroxyl groups excluding tert-OH is 1. The molecule has 0 unspecified atom stereocenters. The van der Waals surface area contributed by atoms with Crippen LogP contribution in [0.4, 0.5) is 4.39 Å². The van der Waals surface area contributed by atoms with Gasteiger partial charge in [0.05, 0.1) is 0 Å². The normalized spacial score (nSPS) is 23.2. The molecular weight excluding hydrogens is 279 g/mol. The lowest BCUT2D eigenvalue weighted by Gasteiger charge is -2.42. The molecule has 2 atom stereocenters. The third-order valence-corrected chi connectivity index (χ3v) is 4.87. The molecule has 0 amide bonds. The fraction of sp³-hybridized carbons (Fsp3) is 0.667. The van der Waals surface area contributed by atoms with Gasteiger partial charge in [0.2, 0.25) is 0 Å². The van der Waals surface area contributed by atoms with E-state index in [1.807, 2.05) is 13.0 Å². The van der Waals surface area contributed by atoms with E-state index in [1.165, 1.54) is 5.56 Å². The average Bonchev–Trinajstić information content (AvgIpc) is 2.48. The molecule has 2 rings (SSSR count). The highest BCUT2D eigenvalue weighted by molar-refractivity contribution is 5.26. The van der Waals surface area contributed by atoms with E-state index in [4.69, 9.17) is 5.11 Å². The third kappa shape index (κ3) is 4.51. The van der Waals surface area contributed by atoms with Gasteiger partial charge >= 0.3 is 0 Å². The monoisotopic (exact) mass is 308 g/mol. The molecule has 1 aliphatic heterocycles. The van der Waals surface area contributed by atoms with E-state index < -0.39 is 0 Å². The van der Waals surface area contributed by atoms with E-state index in [1.54, 1.807) is 12.1 Å². The van der Waals surface area contributed by atoms with Gasteiger partial charge in [0, 0.05) is 25.7 Å². The zero-order chi connectivity index (χ0) is 16.1. The SMILES string of the molecule is Cc1cc(F)ccc1CN1CC[C@H](N(C)C)[C@H](CCCO)C1. The highest BCUT2D eigenvalue weighted by atomic mass is 19.1. The van der Waals surface area contributed by atoms with Crippen LogP contribution in [0.2, 0.25) is 0 Å². The molecule has 4 heteroatoms. The predicted molar refractivity (Wildman–Crippen MR) is 88.3 cm³/mol. The number of piperidine rings is 1. The highest BCUT2D eigenvalue weighted by Crippen LogP contribution is 2.26. The smallest absolute Gasteiger partial charge is 0.123 e. The molecule has 3 nitrogen and oxygen atoms in total. The molecule has 0 radical (unpaired) electrons. The van der Waals surface area contributed by atoms with E-state index in [2.05, 4.69) is 23.9 Å². The summed E-state index contributed by atoms with van der Waals surface area (Å²) in [6.07, 6.45) is 3.10. The quantitative estimate of drug-likeness (QED) is 0.875. The lowest BCUT2D eigenvalue weighted by atomic mass is 9.87. The summed E-state index contributed by atoms with van der Waals surface area (Å²) in [5.41, 5.74) is 2.24. The summed E-state index contributed by atoms with van der Waals surface area (Å²) in [5.74, 6) is 0.435. The van der Waals surface area contributed by atoms with Crippen molar-refractivity contribution in [2.24, 2.45) is 5.92 Å². The Labute approximate surface area is 133 Å². The van der Waals surface area contributed by atoms with Crippen LogP contribution >= 0.6 is 0 Å². The summed E-state index contributed by atoms with van der Waals surface area (Å²) in [5, 5.41) is 9.12. The van der Waals surface area contributed by atoms with Crippen molar-refractivity contribution in [1.82, 2.24) is 9.80 Å². The van der Waals surface area contributed by atoms with Crippen molar-refractivity contribution in [2.75, 3.05) is 33.8 Å². The summed E-state index contributed by atoms with van der Waals surface area (Å²) in [6, 6.07) is 5.67. The number of benzene rings is 1. The predicted octanol–water partition coefficient (Wildman–Crippen LogP) is 2.66. The van der Waals surface area contributed by atoms with Crippen molar-refractivity contribution in [3.8, 4) is 0 Å². The maximum absolute atomic E-state index is 13.2. The first kappa shape index (κ1) is 17.4. The summed E-state index contributed by atoms with van der Waals surface area (Å²) >= 11 is 0. The van der Waals surface area contributed by atoms with Crippen LogP contribution in [0.1, 0.15) is 30.4 Å². The molecule has 0 bridgehead atoms. The van der Waals surface area contributed by atoms with Crippen LogP contribution in [0.25, 0.3) is 0 Å². The minimum atomic E-state index is -0.159. The summed E-state index contributed by atoms with van der Waals surface area (Å²) < 4.78 is 13.2. The molecular formula is C18H29FN2O. The Bertz CT molecular complexity index is 478. The number of nitrogens with zero attached hydrogens (tertiary/aromatic N) is 2. The minimum absolute atomic E-state index is 0.159. The number of rotatable bonds is 6. The number of hydrogen-bond donors (Lipinski definition) is 1. The lowest BCUT2D eigenvalue weighted by Crippen LogP contribution is -2.48. The Hall–Kier alpha value is -0.970. The second kappa shape index (κ2) is 8.04. The molecule has 1 aliphatic rings. The van der Waals surface area contributed by atoms with Crippen molar-refractivity contribution in [3.63, 3.8) is 0 Å². The van der Waals surface area contributed by atoms with Gasteiger partial charge in [-0.2, -0.15) is 0 Å². The molecule has 22 heavy (non-hydrogen) atoms.